The van der Waals surface area contributed by atoms with Gasteiger partial charge in [-0.1, -0.05) is 225 Å². The number of thiophene rings is 3. The molecule has 0 radical (unpaired) electrons. The Balaban J connectivity index is 0.791. The van der Waals surface area contributed by atoms with Crippen molar-refractivity contribution in [3.63, 3.8) is 0 Å². The van der Waals surface area contributed by atoms with Crippen molar-refractivity contribution in [1.29, 1.82) is 0 Å². The van der Waals surface area contributed by atoms with Crippen LogP contribution in [0, 0.1) is 5.41 Å². The predicted molar refractivity (Wildman–Crippen MR) is 434 cm³/mol. The van der Waals surface area contributed by atoms with E-state index in [1.54, 1.807) is 0 Å². The topological polar surface area (TPSA) is 64.6 Å². The smallest absolute Gasteiger partial charge is 0.407 e. The fourth-order valence-electron chi connectivity index (χ4n) is 14.8. The van der Waals surface area contributed by atoms with Crippen molar-refractivity contribution in [2.45, 2.75) is 14.7 Å². The van der Waals surface area contributed by atoms with Crippen LogP contribution in [-0.4, -0.2) is 49.1 Å². The Morgan fingerprint density at radius 1 is 0.360 bits per heavy atom. The number of ether oxygens (including phenoxy) is 2. The molecule has 0 fully saturated rings. The maximum Gasteiger partial charge on any atom is 0.407 e. The van der Waals surface area contributed by atoms with Crippen LogP contribution in [0.4, 0.5) is 4.79 Å². The number of fused-ring (bicyclic) bond motifs is 21. The summed E-state index contributed by atoms with van der Waals surface area (Å²) in [7, 11) is 0. The van der Waals surface area contributed by atoms with Crippen LogP contribution in [0.25, 0.3) is 159 Å². The Kier molecular flexibility index (Phi) is 16.4. The normalized spacial score (nSPS) is 12.1. The third-order valence-corrected chi connectivity index (χ3v) is 27.3. The quantitative estimate of drug-likeness (QED) is 0.0397. The van der Waals surface area contributed by atoms with Gasteiger partial charge < -0.3 is 14.8 Å². The zero-order chi connectivity index (χ0) is 66.8. The summed E-state index contributed by atoms with van der Waals surface area (Å²) >= 11 is 11.1. The number of carbonyl (C=O) groups excluding carboxylic acids is 2. The Labute approximate surface area is 602 Å². The first-order chi connectivity index (χ1) is 49.3. The average Bonchev–Trinajstić information content (AvgIpc) is 1.55. The summed E-state index contributed by atoms with van der Waals surface area (Å²) in [4.78, 5) is 30.0. The van der Waals surface area contributed by atoms with E-state index in [1.165, 1.54) is 142 Å². The van der Waals surface area contributed by atoms with Gasteiger partial charge in [-0.15, -0.1) is 69.3 Å². The van der Waals surface area contributed by atoms with Crippen molar-refractivity contribution in [2.24, 2.45) is 5.41 Å². The first-order valence-corrected chi connectivity index (χ1v) is 38.9. The molecule has 18 aromatic rings. The fraction of sp³-hybridized carbons (Fsp3) is 0.0787. The van der Waals surface area contributed by atoms with Gasteiger partial charge >= 0.3 is 12.1 Å². The fourth-order valence-corrected chi connectivity index (χ4v) is 22.7. The van der Waals surface area contributed by atoms with Crippen LogP contribution in [0.2, 0.25) is 0 Å². The van der Waals surface area contributed by atoms with E-state index in [4.69, 9.17) is 9.47 Å². The highest BCUT2D eigenvalue weighted by atomic mass is 32.2. The third kappa shape index (κ3) is 11.1. The summed E-state index contributed by atoms with van der Waals surface area (Å²) in [5, 5.41) is 25.4. The molecular formula is C89H61NO4S6. The number of hydrogen-bond acceptors (Lipinski definition) is 10. The number of benzene rings is 15. The zero-order valence-corrected chi connectivity index (χ0v) is 59.0. The molecule has 0 atom stereocenters. The highest BCUT2D eigenvalue weighted by Crippen LogP contribution is 2.53. The number of esters is 1. The van der Waals surface area contributed by atoms with E-state index < -0.39 is 17.5 Å². The SMILES string of the molecule is C=CC(=O)OCCNC(=O)OCC(CSc1ccccc1-c1cc2ccccc2c2c1sc1ccc3ccccc3c12)(CSc1ccccc1-c1cc2ccccc2c2c1sc1ccc3ccccc3c12)CSc1ccccc1-c1cc2ccccc2c2c1sc1ccc3ccccc3c12. The van der Waals surface area contributed by atoms with Gasteiger partial charge in [0.2, 0.25) is 0 Å². The van der Waals surface area contributed by atoms with Crippen molar-refractivity contribution >= 4 is 207 Å². The van der Waals surface area contributed by atoms with Crippen molar-refractivity contribution in [3.05, 3.63) is 286 Å². The molecular weight excluding hydrogens is 1340 g/mol. The summed E-state index contributed by atoms with van der Waals surface area (Å²) in [5.41, 5.74) is 6.34. The van der Waals surface area contributed by atoms with E-state index >= 15 is 0 Å². The lowest BCUT2D eigenvalue weighted by Crippen LogP contribution is -2.39. The van der Waals surface area contributed by atoms with Gasteiger partial charge in [0.05, 0.1) is 6.54 Å². The number of amides is 1. The van der Waals surface area contributed by atoms with Gasteiger partial charge in [-0.25, -0.2) is 9.59 Å². The Morgan fingerprint density at radius 3 is 1.02 bits per heavy atom. The Hall–Kier alpha value is -9.95. The number of rotatable bonds is 18. The minimum absolute atomic E-state index is 0.0226. The molecule has 0 unspecified atom stereocenters. The van der Waals surface area contributed by atoms with Crippen molar-refractivity contribution in [3.8, 4) is 33.4 Å². The number of thioether (sulfide) groups is 3. The van der Waals surface area contributed by atoms with E-state index in [0.717, 1.165) is 37.5 Å². The lowest BCUT2D eigenvalue weighted by Gasteiger charge is -2.33. The maximum absolute atomic E-state index is 14.4. The third-order valence-electron chi connectivity index (χ3n) is 19.5. The second-order valence-corrected chi connectivity index (χ2v) is 31.8. The molecule has 0 aliphatic heterocycles. The first kappa shape index (κ1) is 62.3. The van der Waals surface area contributed by atoms with Crippen LogP contribution in [-0.2, 0) is 14.3 Å². The minimum Gasteiger partial charge on any atom is -0.461 e. The number of carbonyl (C=O) groups is 2. The lowest BCUT2D eigenvalue weighted by atomic mass is 9.95. The molecule has 15 aromatic carbocycles. The predicted octanol–water partition coefficient (Wildman–Crippen LogP) is 25.8. The molecule has 0 saturated heterocycles. The van der Waals surface area contributed by atoms with Gasteiger partial charge in [0.15, 0.2) is 0 Å². The lowest BCUT2D eigenvalue weighted by molar-refractivity contribution is -0.137. The van der Waals surface area contributed by atoms with E-state index in [9.17, 15) is 9.59 Å². The van der Waals surface area contributed by atoms with E-state index in [1.807, 2.05) is 69.3 Å². The molecule has 0 saturated carbocycles. The number of alkyl carbamates (subject to hydrolysis) is 1. The van der Waals surface area contributed by atoms with Gasteiger partial charge in [-0.2, -0.15) is 0 Å². The van der Waals surface area contributed by atoms with Crippen molar-refractivity contribution in [2.75, 3.05) is 37.0 Å². The molecule has 1 N–H and O–H groups in total. The van der Waals surface area contributed by atoms with Crippen LogP contribution < -0.4 is 5.32 Å². The monoisotopic (exact) mass is 1400 g/mol. The van der Waals surface area contributed by atoms with E-state index in [2.05, 4.69) is 285 Å². The van der Waals surface area contributed by atoms with Gasteiger partial charge in [-0.3, -0.25) is 0 Å². The second kappa shape index (κ2) is 26.3. The van der Waals surface area contributed by atoms with Crippen LogP contribution >= 0.6 is 69.3 Å². The standard InChI is InChI=1S/C89H61NO4S6/c1-2-78(91)93-46-45-90-88(92)94-50-89(51-95-72-36-18-15-33-66(72)69-47-57-24-6-12-30-63(57)82-79-60-27-9-3-21-54(60)39-42-75(79)98-85(69)82,52-96-73-37-19-16-34-67(73)70-48-58-25-7-13-31-64(58)83-80-61-28-10-4-22-55(61)40-43-76(80)99-86(70)83)53-97-74-38-20-17-35-68(74)71-49-59-26-8-14-32-65(59)84-81-62-29-11-5-23-56(62)41-44-77(81)100-87(71)84/h2-44,47-49H,1,45-46,50-53H2,(H,90,92). The maximum atomic E-state index is 14.4. The van der Waals surface area contributed by atoms with Gasteiger partial charge in [0, 0.05) is 121 Å². The summed E-state index contributed by atoms with van der Waals surface area (Å²) in [5.74, 6) is 1.19. The molecule has 482 valence electrons. The highest BCUT2D eigenvalue weighted by molar-refractivity contribution is 8.01. The highest BCUT2D eigenvalue weighted by Gasteiger charge is 2.35. The van der Waals surface area contributed by atoms with Gasteiger partial charge in [0.25, 0.3) is 0 Å². The Morgan fingerprint density at radius 2 is 0.670 bits per heavy atom. The van der Waals surface area contributed by atoms with Crippen LogP contribution in [0.1, 0.15) is 0 Å². The molecule has 1 amide bonds. The zero-order valence-electron chi connectivity index (χ0n) is 54.1. The molecule has 11 heteroatoms. The molecule has 0 spiro atoms. The Bertz CT molecular complexity index is 5790. The van der Waals surface area contributed by atoms with Crippen molar-refractivity contribution < 1.29 is 19.1 Å². The van der Waals surface area contributed by atoms with Gasteiger partial charge in [-0.05, 0) is 136 Å². The summed E-state index contributed by atoms with van der Waals surface area (Å²) in [6.45, 7) is 3.70. The van der Waals surface area contributed by atoms with E-state index in [-0.39, 0.29) is 19.8 Å². The molecule has 5 nitrogen and oxygen atoms in total. The second-order valence-electron chi connectivity index (χ2n) is 25.6. The molecule has 0 aliphatic rings. The van der Waals surface area contributed by atoms with Crippen molar-refractivity contribution in [1.82, 2.24) is 5.32 Å². The molecule has 18 rings (SSSR count). The number of hydrogen-bond donors (Lipinski definition) is 1. The van der Waals surface area contributed by atoms with Crippen LogP contribution in [0.15, 0.2) is 300 Å². The first-order valence-electron chi connectivity index (χ1n) is 33.5. The van der Waals surface area contributed by atoms with Gasteiger partial charge in [0.1, 0.15) is 13.2 Å². The molecule has 0 aliphatic carbocycles. The summed E-state index contributed by atoms with van der Waals surface area (Å²) in [6.07, 6.45) is 0.545. The van der Waals surface area contributed by atoms with Crippen LogP contribution in [0.3, 0.4) is 0 Å². The summed E-state index contributed by atoms with van der Waals surface area (Å²) < 4.78 is 19.5. The van der Waals surface area contributed by atoms with E-state index in [0.29, 0.717) is 17.3 Å². The molecule has 3 aromatic heterocycles. The molecule has 0 bridgehead atoms. The molecule has 100 heavy (non-hydrogen) atoms. The molecule has 3 heterocycles. The minimum atomic E-state index is -0.709. The average molecular weight is 1400 g/mol. The largest absolute Gasteiger partial charge is 0.461 e. The summed E-state index contributed by atoms with van der Waals surface area (Å²) in [6, 6.07) is 100. The number of nitrogens with one attached hydrogen (secondary N) is 1. The van der Waals surface area contributed by atoms with Crippen LogP contribution in [0.5, 0.6) is 0 Å².